The van der Waals surface area contributed by atoms with E-state index >= 15 is 0 Å². The quantitative estimate of drug-likeness (QED) is 0.491. The lowest BCUT2D eigenvalue weighted by Gasteiger charge is -2.40. The first-order valence-electron chi connectivity index (χ1n) is 12.4. The molecule has 0 amide bonds. The fraction of sp³-hybridized carbons (Fsp3) is 0.500. The van der Waals surface area contributed by atoms with Crippen LogP contribution >= 0.6 is 23.2 Å². The highest BCUT2D eigenvalue weighted by Crippen LogP contribution is 2.45. The molecule has 2 spiro atoms. The Balaban J connectivity index is 0.000000145. The number of halogens is 2. The zero-order valence-corrected chi connectivity index (χ0v) is 21.3. The molecule has 35 heavy (non-hydrogen) atoms. The van der Waals surface area contributed by atoms with Crippen molar-refractivity contribution in [3.05, 3.63) is 75.8 Å². The van der Waals surface area contributed by atoms with E-state index in [0.29, 0.717) is 31.1 Å². The molecule has 2 aromatic rings. The van der Waals surface area contributed by atoms with Crippen molar-refractivity contribution in [3.8, 4) is 0 Å². The molecule has 2 saturated heterocycles. The molecule has 4 aliphatic rings. The van der Waals surface area contributed by atoms with Gasteiger partial charge in [0.1, 0.15) is 0 Å². The largest absolute Gasteiger partial charge is 0.385 e. The monoisotopic (exact) mass is 518 g/mol. The molecule has 2 aromatic carbocycles. The third-order valence-corrected chi connectivity index (χ3v) is 8.00. The highest BCUT2D eigenvalue weighted by Gasteiger charge is 2.46. The van der Waals surface area contributed by atoms with Gasteiger partial charge in [-0.15, -0.1) is 0 Å². The highest BCUT2D eigenvalue weighted by molar-refractivity contribution is 6.30. The standard InChI is InChI=1S/C14H17ClO3.C14H15ClO2/c15-12-3-1-11(2-4-12)13(16)5-7-14(8-6-13)17-9-10-18-14;15-13-3-1-11(2-4-13)12-5-7-14(8-6-12)16-9-10-17-14/h1-4,16H,5-10H2;1-5H,6-10H2. The van der Waals surface area contributed by atoms with E-state index in [1.807, 2.05) is 36.4 Å². The zero-order chi connectivity index (χ0) is 24.4. The summed E-state index contributed by atoms with van der Waals surface area (Å²) < 4.78 is 22.7. The van der Waals surface area contributed by atoms with Gasteiger partial charge in [-0.3, -0.25) is 0 Å². The van der Waals surface area contributed by atoms with Gasteiger partial charge >= 0.3 is 0 Å². The van der Waals surface area contributed by atoms with Crippen LogP contribution in [0.25, 0.3) is 5.57 Å². The van der Waals surface area contributed by atoms with Crippen molar-refractivity contribution < 1.29 is 24.1 Å². The minimum absolute atomic E-state index is 0.323. The third kappa shape index (κ3) is 5.78. The molecule has 1 saturated carbocycles. The summed E-state index contributed by atoms with van der Waals surface area (Å²) in [5.41, 5.74) is 2.78. The first-order valence-corrected chi connectivity index (χ1v) is 13.1. The Bertz CT molecular complexity index is 1010. The van der Waals surface area contributed by atoms with E-state index in [1.165, 1.54) is 11.1 Å². The Morgan fingerprint density at radius 2 is 1.14 bits per heavy atom. The summed E-state index contributed by atoms with van der Waals surface area (Å²) in [6.45, 7) is 2.78. The van der Waals surface area contributed by atoms with Gasteiger partial charge in [0, 0.05) is 35.7 Å². The maximum Gasteiger partial charge on any atom is 0.172 e. The van der Waals surface area contributed by atoms with E-state index in [0.717, 1.165) is 55.9 Å². The summed E-state index contributed by atoms with van der Waals surface area (Å²) in [5.74, 6) is -0.755. The van der Waals surface area contributed by atoms with E-state index in [1.54, 1.807) is 0 Å². The van der Waals surface area contributed by atoms with E-state index in [-0.39, 0.29) is 5.79 Å². The number of hydrogen-bond donors (Lipinski definition) is 1. The fourth-order valence-electron chi connectivity index (χ4n) is 5.37. The summed E-state index contributed by atoms with van der Waals surface area (Å²) in [6.07, 6.45) is 7.84. The molecule has 5 nitrogen and oxygen atoms in total. The molecule has 0 bridgehead atoms. The molecule has 0 unspecified atom stereocenters. The summed E-state index contributed by atoms with van der Waals surface area (Å²) in [6, 6.07) is 15.5. The lowest BCUT2D eigenvalue weighted by Crippen LogP contribution is -2.42. The maximum atomic E-state index is 10.7. The predicted molar refractivity (Wildman–Crippen MR) is 136 cm³/mol. The van der Waals surface area contributed by atoms with Crippen LogP contribution in [0.2, 0.25) is 10.0 Å². The van der Waals surface area contributed by atoms with Crippen LogP contribution < -0.4 is 0 Å². The normalized spacial score (nSPS) is 24.1. The predicted octanol–water partition coefficient (Wildman–Crippen LogP) is 6.50. The van der Waals surface area contributed by atoms with Crippen LogP contribution in [0.15, 0.2) is 54.6 Å². The van der Waals surface area contributed by atoms with Gasteiger partial charge in [-0.2, -0.15) is 0 Å². The van der Waals surface area contributed by atoms with E-state index < -0.39 is 11.4 Å². The SMILES string of the molecule is Clc1ccc(C2=CCC3(CC2)OCCO3)cc1.OC1(c2ccc(Cl)cc2)CCC2(CC1)OCCO2. The second-order valence-corrected chi connectivity index (χ2v) is 10.6. The highest BCUT2D eigenvalue weighted by atomic mass is 35.5. The molecule has 0 radical (unpaired) electrons. The van der Waals surface area contributed by atoms with Crippen molar-refractivity contribution in [3.63, 3.8) is 0 Å². The average molecular weight is 519 g/mol. The smallest absolute Gasteiger partial charge is 0.172 e. The maximum absolute atomic E-state index is 10.7. The molecule has 0 aromatic heterocycles. The summed E-state index contributed by atoms with van der Waals surface area (Å²) in [4.78, 5) is 0. The van der Waals surface area contributed by atoms with Crippen molar-refractivity contribution >= 4 is 28.8 Å². The fourth-order valence-corrected chi connectivity index (χ4v) is 5.62. The van der Waals surface area contributed by atoms with Gasteiger partial charge in [-0.1, -0.05) is 53.5 Å². The topological polar surface area (TPSA) is 57.2 Å². The molecule has 2 aliphatic heterocycles. The van der Waals surface area contributed by atoms with Gasteiger partial charge in [0.15, 0.2) is 11.6 Å². The van der Waals surface area contributed by atoms with Crippen LogP contribution in [0.3, 0.4) is 0 Å². The number of benzene rings is 2. The van der Waals surface area contributed by atoms with Gasteiger partial charge in [0.05, 0.1) is 32.0 Å². The molecular formula is C28H32Cl2O5. The molecule has 3 fully saturated rings. The van der Waals surface area contributed by atoms with Gasteiger partial charge < -0.3 is 24.1 Å². The van der Waals surface area contributed by atoms with Crippen molar-refractivity contribution in [2.75, 3.05) is 26.4 Å². The van der Waals surface area contributed by atoms with Crippen LogP contribution in [0, 0.1) is 0 Å². The van der Waals surface area contributed by atoms with Crippen molar-refractivity contribution in [2.45, 2.75) is 62.1 Å². The Morgan fingerprint density at radius 3 is 1.66 bits per heavy atom. The van der Waals surface area contributed by atoms with Crippen molar-refractivity contribution in [2.24, 2.45) is 0 Å². The first-order chi connectivity index (χ1) is 16.9. The lowest BCUT2D eigenvalue weighted by molar-refractivity contribution is -0.204. The molecule has 2 heterocycles. The lowest BCUT2D eigenvalue weighted by atomic mass is 9.77. The Hall–Kier alpha value is -1.44. The van der Waals surface area contributed by atoms with Gasteiger partial charge in [-0.25, -0.2) is 0 Å². The number of allylic oxidation sites excluding steroid dienone is 1. The number of ether oxygens (including phenoxy) is 4. The Kier molecular flexibility index (Phi) is 7.57. The molecule has 0 atom stereocenters. The van der Waals surface area contributed by atoms with E-state index in [2.05, 4.69) is 18.2 Å². The van der Waals surface area contributed by atoms with E-state index in [4.69, 9.17) is 42.1 Å². The number of hydrogen-bond acceptors (Lipinski definition) is 5. The summed E-state index contributed by atoms with van der Waals surface area (Å²) in [5, 5.41) is 12.2. The van der Waals surface area contributed by atoms with Crippen LogP contribution in [0.1, 0.15) is 56.1 Å². The second kappa shape index (κ2) is 10.5. The van der Waals surface area contributed by atoms with Crippen LogP contribution in [-0.2, 0) is 24.5 Å². The minimum atomic E-state index is -0.773. The van der Waals surface area contributed by atoms with Crippen molar-refractivity contribution in [1.82, 2.24) is 0 Å². The van der Waals surface area contributed by atoms with Gasteiger partial charge in [0.25, 0.3) is 0 Å². The first kappa shape index (κ1) is 25.2. The van der Waals surface area contributed by atoms with Crippen molar-refractivity contribution in [1.29, 1.82) is 0 Å². The van der Waals surface area contributed by atoms with Crippen LogP contribution in [0.4, 0.5) is 0 Å². The molecular weight excluding hydrogens is 487 g/mol. The third-order valence-electron chi connectivity index (χ3n) is 7.50. The van der Waals surface area contributed by atoms with Gasteiger partial charge in [-0.05, 0) is 60.2 Å². The second-order valence-electron chi connectivity index (χ2n) is 9.69. The molecule has 6 rings (SSSR count). The van der Waals surface area contributed by atoms with Gasteiger partial charge in [0.2, 0.25) is 0 Å². The van der Waals surface area contributed by atoms with Crippen LogP contribution in [0.5, 0.6) is 0 Å². The molecule has 7 heteroatoms. The molecule has 2 aliphatic carbocycles. The van der Waals surface area contributed by atoms with Crippen LogP contribution in [-0.4, -0.2) is 43.1 Å². The Labute approximate surface area is 216 Å². The summed E-state index contributed by atoms with van der Waals surface area (Å²) >= 11 is 11.8. The minimum Gasteiger partial charge on any atom is -0.385 e. The molecule has 1 N–H and O–H groups in total. The van der Waals surface area contributed by atoms with E-state index in [9.17, 15) is 5.11 Å². The average Bonchev–Trinajstić information content (AvgIpc) is 3.54. The zero-order valence-electron chi connectivity index (χ0n) is 19.8. The summed E-state index contributed by atoms with van der Waals surface area (Å²) in [7, 11) is 0. The molecule has 188 valence electrons. The number of rotatable bonds is 2. The number of aliphatic hydroxyl groups is 1. The Morgan fingerprint density at radius 1 is 0.629 bits per heavy atom.